The largest absolute Gasteiger partial charge is 0.276 e. The Morgan fingerprint density at radius 1 is 1.56 bits per heavy atom. The Hall–Kier alpha value is -1.05. The van der Waals surface area contributed by atoms with Crippen LogP contribution in [0.15, 0.2) is 30.5 Å². The van der Waals surface area contributed by atoms with Gasteiger partial charge < -0.3 is 0 Å². The molecule has 0 spiro atoms. The van der Waals surface area contributed by atoms with Gasteiger partial charge in [-0.3, -0.25) is 5.01 Å². The molecule has 0 aromatic carbocycles. The van der Waals surface area contributed by atoms with E-state index in [0.29, 0.717) is 0 Å². The van der Waals surface area contributed by atoms with E-state index in [0.717, 1.165) is 5.71 Å². The fraction of sp³-hybridized carbons (Fsp3) is 0.286. The minimum absolute atomic E-state index is 0.886. The molecule has 50 valence electrons. The van der Waals surface area contributed by atoms with Crippen molar-refractivity contribution in [1.82, 2.24) is 5.01 Å². The fourth-order valence-corrected chi connectivity index (χ4v) is 0.330. The average Bonchev–Trinajstić information content (AvgIpc) is 1.87. The molecular weight excluding hydrogens is 112 g/mol. The molecule has 0 aromatic rings. The highest BCUT2D eigenvalue weighted by atomic mass is 15.4. The zero-order valence-corrected chi connectivity index (χ0v) is 5.96. The Morgan fingerprint density at radius 3 is 2.44 bits per heavy atom. The van der Waals surface area contributed by atoms with Gasteiger partial charge in [0, 0.05) is 13.2 Å². The monoisotopic (exact) mass is 124 g/mol. The Labute approximate surface area is 56.2 Å². The molecule has 9 heavy (non-hydrogen) atoms. The third kappa shape index (κ3) is 3.53. The maximum absolute atomic E-state index is 4.03. The fourth-order valence-electron chi connectivity index (χ4n) is 0.330. The predicted molar refractivity (Wildman–Crippen MR) is 41.3 cm³/mol. The topological polar surface area (TPSA) is 15.6 Å². The average molecular weight is 124 g/mol. The lowest BCUT2D eigenvalue weighted by atomic mass is 10.4. The Kier molecular flexibility index (Phi) is 3.44. The first kappa shape index (κ1) is 7.95. The van der Waals surface area contributed by atoms with Gasteiger partial charge in [-0.05, 0) is 13.0 Å². The molecule has 2 nitrogen and oxygen atoms in total. The first-order valence-corrected chi connectivity index (χ1v) is 2.73. The first-order valence-electron chi connectivity index (χ1n) is 2.73. The van der Waals surface area contributed by atoms with Crippen LogP contribution in [0.1, 0.15) is 6.92 Å². The van der Waals surface area contributed by atoms with Gasteiger partial charge >= 0.3 is 0 Å². The van der Waals surface area contributed by atoms with E-state index in [2.05, 4.69) is 18.3 Å². The molecule has 0 saturated heterocycles. The molecule has 0 amide bonds. The number of hydrogen-bond donors (Lipinski definition) is 0. The van der Waals surface area contributed by atoms with Crippen molar-refractivity contribution in [3.63, 3.8) is 0 Å². The van der Waals surface area contributed by atoms with Crippen LogP contribution in [0.5, 0.6) is 0 Å². The van der Waals surface area contributed by atoms with E-state index in [1.807, 2.05) is 14.0 Å². The molecule has 0 rings (SSSR count). The van der Waals surface area contributed by atoms with E-state index < -0.39 is 0 Å². The molecule has 0 unspecified atom stereocenters. The summed E-state index contributed by atoms with van der Waals surface area (Å²) >= 11 is 0. The lowest BCUT2D eigenvalue weighted by Gasteiger charge is -2.04. The third-order valence-electron chi connectivity index (χ3n) is 0.875. The molecule has 0 saturated carbocycles. The smallest absolute Gasteiger partial charge is 0.0572 e. The van der Waals surface area contributed by atoms with Crippen LogP contribution in [-0.4, -0.2) is 17.8 Å². The molecular formula is C7H12N2. The summed E-state index contributed by atoms with van der Waals surface area (Å²) in [6, 6.07) is 0. The maximum Gasteiger partial charge on any atom is 0.0572 e. The molecule has 0 N–H and O–H groups in total. The summed E-state index contributed by atoms with van der Waals surface area (Å²) < 4.78 is 0. The van der Waals surface area contributed by atoms with E-state index in [-0.39, 0.29) is 0 Å². The molecule has 0 bridgehead atoms. The minimum Gasteiger partial charge on any atom is -0.276 e. The molecule has 0 aliphatic heterocycles. The van der Waals surface area contributed by atoms with Gasteiger partial charge in [-0.1, -0.05) is 13.2 Å². The summed E-state index contributed by atoms with van der Waals surface area (Å²) in [7, 11) is 1.82. The van der Waals surface area contributed by atoms with Crippen LogP contribution in [0.4, 0.5) is 0 Å². The second-order valence-electron chi connectivity index (χ2n) is 1.70. The minimum atomic E-state index is 0.886. The molecule has 0 fully saturated rings. The molecule has 2 heteroatoms. The first-order chi connectivity index (χ1) is 4.20. The molecule has 0 aromatic heterocycles. The van der Waals surface area contributed by atoms with Gasteiger partial charge in [-0.2, -0.15) is 5.10 Å². The van der Waals surface area contributed by atoms with Crippen molar-refractivity contribution >= 4 is 5.71 Å². The molecule has 0 aliphatic carbocycles. The second-order valence-corrected chi connectivity index (χ2v) is 1.70. The molecule has 0 atom stereocenters. The van der Waals surface area contributed by atoms with Gasteiger partial charge in [0.15, 0.2) is 0 Å². The van der Waals surface area contributed by atoms with E-state index in [1.165, 1.54) is 0 Å². The predicted octanol–water partition coefficient (Wildman–Crippen LogP) is 1.62. The number of rotatable bonds is 3. The molecule has 0 radical (unpaired) electrons. The third-order valence-corrected chi connectivity index (χ3v) is 0.875. The van der Waals surface area contributed by atoms with Crippen molar-refractivity contribution in [2.24, 2.45) is 5.10 Å². The van der Waals surface area contributed by atoms with Crippen LogP contribution >= 0.6 is 0 Å². The van der Waals surface area contributed by atoms with E-state index in [9.17, 15) is 0 Å². The normalized spacial score (nSPS) is 10.7. The standard InChI is InChI=1S/C7H12N2/c1-5-7(3)8-9(4)6-2/h5-6H,1-2H2,3-4H3/b8-7-. The van der Waals surface area contributed by atoms with Crippen molar-refractivity contribution in [3.05, 3.63) is 25.4 Å². The Morgan fingerprint density at radius 2 is 2.11 bits per heavy atom. The number of nitrogens with zero attached hydrogens (tertiary/aromatic N) is 2. The Balaban J connectivity index is 3.92. The van der Waals surface area contributed by atoms with E-state index in [4.69, 9.17) is 0 Å². The highest BCUT2D eigenvalue weighted by Crippen LogP contribution is 1.85. The summed E-state index contributed by atoms with van der Waals surface area (Å²) in [6.45, 7) is 8.97. The summed E-state index contributed by atoms with van der Waals surface area (Å²) in [5.41, 5.74) is 0.886. The van der Waals surface area contributed by atoms with Crippen molar-refractivity contribution in [2.75, 3.05) is 7.05 Å². The van der Waals surface area contributed by atoms with Crippen molar-refractivity contribution in [1.29, 1.82) is 0 Å². The molecule has 0 heterocycles. The number of hydrazone groups is 1. The zero-order valence-electron chi connectivity index (χ0n) is 5.96. The summed E-state index contributed by atoms with van der Waals surface area (Å²) in [5, 5.41) is 5.66. The highest BCUT2D eigenvalue weighted by molar-refractivity contribution is 5.91. The van der Waals surface area contributed by atoms with Crippen LogP contribution < -0.4 is 0 Å². The van der Waals surface area contributed by atoms with Crippen LogP contribution in [0.25, 0.3) is 0 Å². The van der Waals surface area contributed by atoms with Gasteiger partial charge in [0.05, 0.1) is 5.71 Å². The number of allylic oxidation sites excluding steroid dienone is 1. The Bertz CT molecular complexity index is 136. The van der Waals surface area contributed by atoms with Gasteiger partial charge in [-0.25, -0.2) is 0 Å². The SMILES string of the molecule is C=C/C(C)=N\N(C)C=C. The van der Waals surface area contributed by atoms with Crippen molar-refractivity contribution in [2.45, 2.75) is 6.92 Å². The highest BCUT2D eigenvalue weighted by Gasteiger charge is 1.82. The van der Waals surface area contributed by atoms with Gasteiger partial charge in [-0.15, -0.1) is 0 Å². The van der Waals surface area contributed by atoms with Crippen LogP contribution in [0.3, 0.4) is 0 Å². The van der Waals surface area contributed by atoms with Crippen LogP contribution in [-0.2, 0) is 0 Å². The lowest BCUT2D eigenvalue weighted by molar-refractivity contribution is 0.492. The van der Waals surface area contributed by atoms with E-state index in [1.54, 1.807) is 17.3 Å². The lowest BCUT2D eigenvalue weighted by Crippen LogP contribution is -2.02. The van der Waals surface area contributed by atoms with Gasteiger partial charge in [0.1, 0.15) is 0 Å². The van der Waals surface area contributed by atoms with Crippen molar-refractivity contribution < 1.29 is 0 Å². The van der Waals surface area contributed by atoms with Crippen LogP contribution in [0.2, 0.25) is 0 Å². The second kappa shape index (κ2) is 3.89. The van der Waals surface area contributed by atoms with Gasteiger partial charge in [0.2, 0.25) is 0 Å². The quantitative estimate of drug-likeness (QED) is 0.412. The van der Waals surface area contributed by atoms with Gasteiger partial charge in [0.25, 0.3) is 0 Å². The van der Waals surface area contributed by atoms with E-state index >= 15 is 0 Å². The summed E-state index contributed by atoms with van der Waals surface area (Å²) in [5.74, 6) is 0. The van der Waals surface area contributed by atoms with Crippen LogP contribution in [0, 0.1) is 0 Å². The summed E-state index contributed by atoms with van der Waals surface area (Å²) in [6.07, 6.45) is 3.33. The summed E-state index contributed by atoms with van der Waals surface area (Å²) in [4.78, 5) is 0. The molecule has 0 aliphatic rings. The maximum atomic E-state index is 4.03. The number of hydrogen-bond acceptors (Lipinski definition) is 2. The zero-order chi connectivity index (χ0) is 7.28. The van der Waals surface area contributed by atoms with Crippen molar-refractivity contribution in [3.8, 4) is 0 Å².